The Balaban J connectivity index is 2.01. The predicted octanol–water partition coefficient (Wildman–Crippen LogP) is 5.86. The van der Waals surface area contributed by atoms with E-state index in [1.54, 1.807) is 55.5 Å². The first kappa shape index (κ1) is 31.7. The summed E-state index contributed by atoms with van der Waals surface area (Å²) in [6.07, 6.45) is 1.92. The Morgan fingerprint density at radius 1 is 0.975 bits per heavy atom. The van der Waals surface area contributed by atoms with Crippen LogP contribution >= 0.6 is 27.7 Å². The first-order chi connectivity index (χ1) is 18.9. The topological polar surface area (TPSA) is 86.8 Å². The van der Waals surface area contributed by atoms with E-state index < -0.39 is 28.5 Å². The fraction of sp³-hybridized carbons (Fsp3) is 0.333. The van der Waals surface area contributed by atoms with Crippen LogP contribution in [0.4, 0.5) is 5.69 Å². The molecule has 3 aromatic rings. The molecule has 0 saturated carbocycles. The number of nitrogens with zero attached hydrogens (tertiary/aromatic N) is 2. The van der Waals surface area contributed by atoms with E-state index in [1.807, 2.05) is 51.3 Å². The average Bonchev–Trinajstić information content (AvgIpc) is 2.93. The zero-order valence-electron chi connectivity index (χ0n) is 23.4. The van der Waals surface area contributed by atoms with Gasteiger partial charge in [0, 0.05) is 22.5 Å². The van der Waals surface area contributed by atoms with E-state index >= 15 is 0 Å². The summed E-state index contributed by atoms with van der Waals surface area (Å²) in [5, 5.41) is 2.90. The second-order valence-electron chi connectivity index (χ2n) is 9.99. The quantitative estimate of drug-likeness (QED) is 0.249. The second-order valence-corrected chi connectivity index (χ2v) is 13.6. The first-order valence-corrected chi connectivity index (χ1v) is 16.4. The normalized spacial score (nSPS) is 12.2. The maximum Gasteiger partial charge on any atom is 0.264 e. The third-order valence-corrected chi connectivity index (χ3v) is 9.37. The predicted molar refractivity (Wildman–Crippen MR) is 166 cm³/mol. The molecule has 0 saturated heterocycles. The molecular weight excluding hydrogens is 610 g/mol. The summed E-state index contributed by atoms with van der Waals surface area (Å²) in [5.41, 5.74) is 2.14. The standard InChI is InChI=1S/C30H36BrN3O4S2/c1-21(2)18-32-30(36)23(4)33(19-24-7-6-8-25(31)17-24)29(35)20-34(26-11-9-22(3)10-12-26)40(37,38)28-15-13-27(39-5)14-16-28/h6-17,21,23H,18-20H2,1-5H3,(H,32,36)/t23-/m0/s1. The molecule has 3 rings (SSSR count). The molecule has 0 radical (unpaired) electrons. The van der Waals surface area contributed by atoms with Crippen molar-refractivity contribution < 1.29 is 18.0 Å². The Bertz CT molecular complexity index is 1410. The van der Waals surface area contributed by atoms with Crippen molar-refractivity contribution in [3.8, 4) is 0 Å². The Morgan fingerprint density at radius 3 is 2.20 bits per heavy atom. The fourth-order valence-electron chi connectivity index (χ4n) is 3.98. The van der Waals surface area contributed by atoms with Crippen LogP contribution in [0.3, 0.4) is 0 Å². The summed E-state index contributed by atoms with van der Waals surface area (Å²) in [6.45, 7) is 7.70. The smallest absolute Gasteiger partial charge is 0.264 e. The van der Waals surface area contributed by atoms with Gasteiger partial charge < -0.3 is 10.2 Å². The van der Waals surface area contributed by atoms with Crippen LogP contribution < -0.4 is 9.62 Å². The van der Waals surface area contributed by atoms with E-state index in [-0.39, 0.29) is 23.3 Å². The highest BCUT2D eigenvalue weighted by atomic mass is 79.9. The highest BCUT2D eigenvalue weighted by Gasteiger charge is 2.32. The Labute approximate surface area is 250 Å². The third kappa shape index (κ3) is 8.34. The number of aryl methyl sites for hydroxylation is 1. The molecule has 1 N–H and O–H groups in total. The van der Waals surface area contributed by atoms with Crippen molar-refractivity contribution in [1.82, 2.24) is 10.2 Å². The molecule has 0 fully saturated rings. The van der Waals surface area contributed by atoms with Gasteiger partial charge >= 0.3 is 0 Å². The van der Waals surface area contributed by atoms with Crippen molar-refractivity contribution in [1.29, 1.82) is 0 Å². The minimum Gasteiger partial charge on any atom is -0.354 e. The van der Waals surface area contributed by atoms with Gasteiger partial charge in [0.05, 0.1) is 10.6 Å². The molecule has 214 valence electrons. The van der Waals surface area contributed by atoms with Crippen molar-refractivity contribution in [2.75, 3.05) is 23.7 Å². The van der Waals surface area contributed by atoms with Gasteiger partial charge in [0.15, 0.2) is 0 Å². The summed E-state index contributed by atoms with van der Waals surface area (Å²) in [4.78, 5) is 29.5. The van der Waals surface area contributed by atoms with Gasteiger partial charge in [-0.05, 0) is 80.1 Å². The van der Waals surface area contributed by atoms with Gasteiger partial charge in [-0.15, -0.1) is 11.8 Å². The van der Waals surface area contributed by atoms with Crippen molar-refractivity contribution in [2.45, 2.75) is 50.1 Å². The molecule has 0 unspecified atom stereocenters. The molecule has 0 bridgehead atoms. The van der Waals surface area contributed by atoms with Gasteiger partial charge in [0.1, 0.15) is 12.6 Å². The van der Waals surface area contributed by atoms with Crippen molar-refractivity contribution in [3.05, 3.63) is 88.4 Å². The van der Waals surface area contributed by atoms with E-state index in [1.165, 1.54) is 16.7 Å². The molecule has 0 aliphatic heterocycles. The molecule has 0 aromatic heterocycles. The number of rotatable bonds is 12. The summed E-state index contributed by atoms with van der Waals surface area (Å²) >= 11 is 4.97. The molecule has 0 aliphatic carbocycles. The average molecular weight is 647 g/mol. The molecule has 0 spiro atoms. The maximum atomic E-state index is 14.0. The number of thioether (sulfide) groups is 1. The zero-order chi connectivity index (χ0) is 29.4. The number of carbonyl (C=O) groups excluding carboxylic acids is 2. The highest BCUT2D eigenvalue weighted by Crippen LogP contribution is 2.26. The SMILES string of the molecule is CSc1ccc(S(=O)(=O)N(CC(=O)N(Cc2cccc(Br)c2)[C@@H](C)C(=O)NCC(C)C)c2ccc(C)cc2)cc1. The van der Waals surface area contributed by atoms with Gasteiger partial charge in [0.25, 0.3) is 10.0 Å². The third-order valence-electron chi connectivity index (χ3n) is 6.34. The Morgan fingerprint density at radius 2 is 1.62 bits per heavy atom. The van der Waals surface area contributed by atoms with E-state index in [9.17, 15) is 18.0 Å². The number of hydrogen-bond acceptors (Lipinski definition) is 5. The van der Waals surface area contributed by atoms with Crippen LogP contribution in [0.1, 0.15) is 31.9 Å². The molecule has 2 amide bonds. The number of amides is 2. The van der Waals surface area contributed by atoms with E-state index in [4.69, 9.17) is 0 Å². The summed E-state index contributed by atoms with van der Waals surface area (Å²) < 4.78 is 29.8. The number of benzene rings is 3. The maximum absolute atomic E-state index is 14.0. The molecule has 7 nitrogen and oxygen atoms in total. The largest absolute Gasteiger partial charge is 0.354 e. The van der Waals surface area contributed by atoms with Crippen LogP contribution in [-0.4, -0.2) is 50.5 Å². The number of nitrogens with one attached hydrogen (secondary N) is 1. The Hall–Kier alpha value is -2.82. The monoisotopic (exact) mass is 645 g/mol. The van der Waals surface area contributed by atoms with Crippen LogP contribution in [0.15, 0.2) is 87.1 Å². The van der Waals surface area contributed by atoms with Crippen LogP contribution in [0, 0.1) is 12.8 Å². The van der Waals surface area contributed by atoms with E-state index in [0.717, 1.165) is 24.8 Å². The highest BCUT2D eigenvalue weighted by molar-refractivity contribution is 9.10. The van der Waals surface area contributed by atoms with Gasteiger partial charge in [-0.1, -0.05) is 59.6 Å². The lowest BCUT2D eigenvalue weighted by atomic mass is 10.1. The number of hydrogen-bond donors (Lipinski definition) is 1. The lowest BCUT2D eigenvalue weighted by Crippen LogP contribution is -2.51. The van der Waals surface area contributed by atoms with Crippen molar-refractivity contribution in [2.24, 2.45) is 5.92 Å². The van der Waals surface area contributed by atoms with E-state index in [0.29, 0.717) is 12.2 Å². The lowest BCUT2D eigenvalue weighted by Gasteiger charge is -2.32. The van der Waals surface area contributed by atoms with Crippen molar-refractivity contribution >= 4 is 55.2 Å². The Kier molecular flexibility index (Phi) is 11.2. The summed E-state index contributed by atoms with van der Waals surface area (Å²) in [7, 11) is -4.10. The van der Waals surface area contributed by atoms with Crippen LogP contribution in [0.2, 0.25) is 0 Å². The molecular formula is C30H36BrN3O4S2. The number of carbonyl (C=O) groups is 2. The molecule has 3 aromatic carbocycles. The molecule has 0 heterocycles. The summed E-state index contributed by atoms with van der Waals surface area (Å²) in [5.74, 6) is -0.545. The fourth-order valence-corrected chi connectivity index (χ4v) is 6.25. The molecule has 1 atom stereocenters. The lowest BCUT2D eigenvalue weighted by molar-refractivity contribution is -0.139. The molecule has 40 heavy (non-hydrogen) atoms. The summed E-state index contributed by atoms with van der Waals surface area (Å²) in [6, 6.07) is 20.2. The number of halogens is 1. The van der Waals surface area contributed by atoms with Gasteiger partial charge in [-0.3, -0.25) is 13.9 Å². The van der Waals surface area contributed by atoms with Crippen LogP contribution in [0.25, 0.3) is 0 Å². The second kappa shape index (κ2) is 14.2. The number of sulfonamides is 1. The van der Waals surface area contributed by atoms with Gasteiger partial charge in [-0.2, -0.15) is 0 Å². The first-order valence-electron chi connectivity index (χ1n) is 13.0. The zero-order valence-corrected chi connectivity index (χ0v) is 26.6. The molecule has 0 aliphatic rings. The van der Waals surface area contributed by atoms with Gasteiger partial charge in [-0.25, -0.2) is 8.42 Å². The van der Waals surface area contributed by atoms with E-state index in [2.05, 4.69) is 21.2 Å². The molecule has 10 heteroatoms. The minimum absolute atomic E-state index is 0.0833. The van der Waals surface area contributed by atoms with Gasteiger partial charge in [0.2, 0.25) is 11.8 Å². The number of anilines is 1. The minimum atomic E-state index is -4.10. The van der Waals surface area contributed by atoms with Crippen LogP contribution in [-0.2, 0) is 26.2 Å². The van der Waals surface area contributed by atoms with Crippen molar-refractivity contribution in [3.63, 3.8) is 0 Å². The van der Waals surface area contributed by atoms with Crippen LogP contribution in [0.5, 0.6) is 0 Å².